The summed E-state index contributed by atoms with van der Waals surface area (Å²) in [6.45, 7) is 6.44. The molecule has 0 aromatic carbocycles. The average Bonchev–Trinajstić information content (AvgIpc) is 2.16. The summed E-state index contributed by atoms with van der Waals surface area (Å²) in [5.74, 6) is 0. The van der Waals surface area contributed by atoms with Crippen molar-refractivity contribution in [2.75, 3.05) is 13.2 Å². The Balaban J connectivity index is 0. The van der Waals surface area contributed by atoms with Crippen molar-refractivity contribution >= 4 is 29.6 Å². The molecule has 0 saturated heterocycles. The van der Waals surface area contributed by atoms with Crippen molar-refractivity contribution in [3.8, 4) is 0 Å². The van der Waals surface area contributed by atoms with Gasteiger partial charge in [0.15, 0.2) is 0 Å². The molecule has 2 heteroatoms. The molecule has 0 bridgehead atoms. The van der Waals surface area contributed by atoms with Gasteiger partial charge in [-0.25, -0.2) is 0 Å². The van der Waals surface area contributed by atoms with E-state index < -0.39 is 0 Å². The van der Waals surface area contributed by atoms with E-state index in [1.807, 2.05) is 0 Å². The molecule has 0 rings (SSSR count). The van der Waals surface area contributed by atoms with Crippen molar-refractivity contribution in [1.82, 2.24) is 0 Å². The van der Waals surface area contributed by atoms with Crippen LogP contribution in [0, 0.1) is 0 Å². The van der Waals surface area contributed by atoms with Crippen LogP contribution in [0.5, 0.6) is 0 Å². The van der Waals surface area contributed by atoms with Crippen LogP contribution in [0.15, 0.2) is 0 Å². The van der Waals surface area contributed by atoms with Gasteiger partial charge in [0.05, 0.1) is 0 Å². The molecule has 81 valence electrons. The number of hydrogen-bond donors (Lipinski definition) is 0. The minimum Gasteiger partial charge on any atom is -0.381 e. The molecular weight excluding hydrogens is 183 g/mol. The van der Waals surface area contributed by atoms with Crippen molar-refractivity contribution in [2.24, 2.45) is 0 Å². The van der Waals surface area contributed by atoms with E-state index in [0.717, 1.165) is 13.2 Å². The fraction of sp³-hybridized carbons (Fsp3) is 1.00. The first kappa shape index (κ1) is 17.4. The number of ether oxygens (including phenoxy) is 1. The Kier molecular flexibility index (Phi) is 20.3. The van der Waals surface area contributed by atoms with Crippen LogP contribution in [0.3, 0.4) is 0 Å². The normalized spacial score (nSPS) is 9.86. The van der Waals surface area contributed by atoms with Gasteiger partial charge in [0, 0.05) is 42.8 Å². The molecule has 0 aliphatic carbocycles. The first-order valence-electron chi connectivity index (χ1n) is 5.99. The summed E-state index contributed by atoms with van der Waals surface area (Å²) < 4.78 is 5.53. The molecule has 14 heavy (non-hydrogen) atoms. The summed E-state index contributed by atoms with van der Waals surface area (Å²) in [4.78, 5) is 0. The zero-order valence-corrected chi connectivity index (χ0v) is 12.5. The summed E-state index contributed by atoms with van der Waals surface area (Å²) in [6, 6.07) is 0. The number of unbranched alkanes of at least 4 members (excludes halogenated alkanes) is 6. The van der Waals surface area contributed by atoms with Crippen LogP contribution >= 0.6 is 0 Å². The Hall–Kier alpha value is 0.960. The van der Waals surface area contributed by atoms with E-state index in [0.29, 0.717) is 0 Å². The van der Waals surface area contributed by atoms with Crippen LogP contribution in [0.2, 0.25) is 0 Å². The molecule has 0 atom stereocenters. The quantitative estimate of drug-likeness (QED) is 0.393. The largest absolute Gasteiger partial charge is 0.381 e. The number of rotatable bonds is 10. The minimum absolute atomic E-state index is 0. The summed E-state index contributed by atoms with van der Waals surface area (Å²) in [6.07, 6.45) is 10.5. The summed E-state index contributed by atoms with van der Waals surface area (Å²) in [7, 11) is 0. The van der Waals surface area contributed by atoms with Crippen molar-refractivity contribution in [2.45, 2.75) is 65.2 Å². The van der Waals surface area contributed by atoms with Crippen LogP contribution in [-0.2, 0) is 4.74 Å². The van der Waals surface area contributed by atoms with E-state index in [-0.39, 0.29) is 29.6 Å². The smallest absolute Gasteiger partial charge is 0.0466 e. The summed E-state index contributed by atoms with van der Waals surface area (Å²) in [5, 5.41) is 0. The fourth-order valence-electron chi connectivity index (χ4n) is 1.36. The Labute approximate surface area is 112 Å². The maximum atomic E-state index is 5.53. The summed E-state index contributed by atoms with van der Waals surface area (Å²) in [5.41, 5.74) is 0. The predicted molar refractivity (Wildman–Crippen MR) is 64.9 cm³/mol. The second kappa shape index (κ2) is 16.4. The molecule has 0 saturated carbocycles. The van der Waals surface area contributed by atoms with E-state index in [9.17, 15) is 0 Å². The fourth-order valence-corrected chi connectivity index (χ4v) is 1.36. The SMILES string of the molecule is CCCCCCOCCCCCC.[Na]. The van der Waals surface area contributed by atoms with E-state index in [1.54, 1.807) is 0 Å². The second-order valence-electron chi connectivity index (χ2n) is 3.73. The molecule has 0 unspecified atom stereocenters. The van der Waals surface area contributed by atoms with Crippen molar-refractivity contribution in [3.05, 3.63) is 0 Å². The van der Waals surface area contributed by atoms with Gasteiger partial charge in [-0.1, -0.05) is 52.4 Å². The first-order chi connectivity index (χ1) is 6.41. The molecule has 0 aliphatic heterocycles. The molecule has 0 spiro atoms. The predicted octanol–water partition coefficient (Wildman–Crippen LogP) is 3.78. The van der Waals surface area contributed by atoms with Gasteiger partial charge in [-0.15, -0.1) is 0 Å². The van der Waals surface area contributed by atoms with Gasteiger partial charge in [0.25, 0.3) is 0 Å². The van der Waals surface area contributed by atoms with Crippen molar-refractivity contribution in [1.29, 1.82) is 0 Å². The zero-order chi connectivity index (χ0) is 9.78. The van der Waals surface area contributed by atoms with Gasteiger partial charge >= 0.3 is 0 Å². The Morgan fingerprint density at radius 1 is 0.643 bits per heavy atom. The molecule has 0 fully saturated rings. The molecule has 1 nitrogen and oxygen atoms in total. The van der Waals surface area contributed by atoms with Crippen molar-refractivity contribution in [3.63, 3.8) is 0 Å². The summed E-state index contributed by atoms with van der Waals surface area (Å²) >= 11 is 0. The monoisotopic (exact) mass is 209 g/mol. The third kappa shape index (κ3) is 15.4. The maximum absolute atomic E-state index is 5.53. The molecule has 1 radical (unpaired) electrons. The van der Waals surface area contributed by atoms with Gasteiger partial charge in [-0.05, 0) is 12.8 Å². The molecule has 0 N–H and O–H groups in total. The van der Waals surface area contributed by atoms with E-state index in [4.69, 9.17) is 4.74 Å². The van der Waals surface area contributed by atoms with Gasteiger partial charge < -0.3 is 4.74 Å². The van der Waals surface area contributed by atoms with Crippen molar-refractivity contribution < 1.29 is 4.74 Å². The second-order valence-corrected chi connectivity index (χ2v) is 3.73. The van der Waals surface area contributed by atoms with Crippen LogP contribution in [0.4, 0.5) is 0 Å². The maximum Gasteiger partial charge on any atom is 0.0466 e. The van der Waals surface area contributed by atoms with Crippen LogP contribution in [0.25, 0.3) is 0 Å². The third-order valence-electron chi connectivity index (χ3n) is 2.28. The third-order valence-corrected chi connectivity index (χ3v) is 2.28. The Morgan fingerprint density at radius 2 is 1.07 bits per heavy atom. The van der Waals surface area contributed by atoms with E-state index >= 15 is 0 Å². The van der Waals surface area contributed by atoms with Crippen LogP contribution < -0.4 is 0 Å². The average molecular weight is 209 g/mol. The molecule has 0 aromatic rings. The zero-order valence-electron chi connectivity index (χ0n) is 10.5. The van der Waals surface area contributed by atoms with Gasteiger partial charge in [-0.2, -0.15) is 0 Å². The molecule has 0 heterocycles. The van der Waals surface area contributed by atoms with Gasteiger partial charge in [0.2, 0.25) is 0 Å². The molecule has 0 aliphatic rings. The van der Waals surface area contributed by atoms with Gasteiger partial charge in [-0.3, -0.25) is 0 Å². The number of hydrogen-bond acceptors (Lipinski definition) is 1. The Morgan fingerprint density at radius 3 is 1.43 bits per heavy atom. The molecule has 0 amide bonds. The van der Waals surface area contributed by atoms with Crippen LogP contribution in [0.1, 0.15) is 65.2 Å². The Bertz CT molecular complexity index is 76.4. The van der Waals surface area contributed by atoms with Gasteiger partial charge in [0.1, 0.15) is 0 Å². The van der Waals surface area contributed by atoms with E-state index in [2.05, 4.69) is 13.8 Å². The topological polar surface area (TPSA) is 9.23 Å². The van der Waals surface area contributed by atoms with E-state index in [1.165, 1.54) is 51.4 Å². The van der Waals surface area contributed by atoms with Crippen LogP contribution in [-0.4, -0.2) is 42.8 Å². The standard InChI is InChI=1S/C12H26O.Na/c1-3-5-7-9-11-13-12-10-8-6-4-2;/h3-12H2,1-2H3;. The molecule has 0 aromatic heterocycles. The molecular formula is C12H26NaO. The minimum atomic E-state index is 0. The first-order valence-corrected chi connectivity index (χ1v) is 5.99.